The highest BCUT2D eigenvalue weighted by Gasteiger charge is 2.15. The second kappa shape index (κ2) is 5.57. The molecule has 0 saturated carbocycles. The summed E-state index contributed by atoms with van der Waals surface area (Å²) in [5, 5.41) is 0. The van der Waals surface area contributed by atoms with Crippen LogP contribution in [0.1, 0.15) is 15.9 Å². The summed E-state index contributed by atoms with van der Waals surface area (Å²) in [6, 6.07) is 8.41. The summed E-state index contributed by atoms with van der Waals surface area (Å²) in [6.07, 6.45) is -0.00997. The van der Waals surface area contributed by atoms with Crippen LogP contribution in [0.5, 0.6) is 0 Å². The van der Waals surface area contributed by atoms with E-state index in [1.54, 1.807) is 24.3 Å². The zero-order valence-electron chi connectivity index (χ0n) is 9.59. The van der Waals surface area contributed by atoms with Gasteiger partial charge in [-0.1, -0.05) is 28.1 Å². The molecule has 2 aromatic carbocycles. The van der Waals surface area contributed by atoms with Crippen LogP contribution in [0.2, 0.25) is 0 Å². The highest BCUT2D eigenvalue weighted by atomic mass is 79.9. The Morgan fingerprint density at radius 1 is 1.05 bits per heavy atom. The van der Waals surface area contributed by atoms with Gasteiger partial charge >= 0.3 is 0 Å². The summed E-state index contributed by atoms with van der Waals surface area (Å²) >= 11 is 3.26. The smallest absolute Gasteiger partial charge is 0.194 e. The van der Waals surface area contributed by atoms with E-state index >= 15 is 0 Å². The highest BCUT2D eigenvalue weighted by Crippen LogP contribution is 2.17. The second-order valence-corrected chi connectivity index (χ2v) is 4.90. The number of hydrogen-bond donors (Lipinski definition) is 0. The average molecular weight is 329 g/mol. The molecule has 0 fully saturated rings. The fraction of sp³-hybridized carbons (Fsp3) is 0.0714. The van der Waals surface area contributed by atoms with Crippen molar-refractivity contribution in [1.82, 2.24) is 0 Å². The minimum atomic E-state index is -1.57. The molecule has 98 valence electrons. The Kier molecular flexibility index (Phi) is 4.04. The number of carbonyl (C=O) groups excluding carboxylic acids is 1. The van der Waals surface area contributed by atoms with Gasteiger partial charge in [0.2, 0.25) is 0 Å². The van der Waals surface area contributed by atoms with E-state index in [0.717, 1.165) is 4.47 Å². The van der Waals surface area contributed by atoms with E-state index in [2.05, 4.69) is 15.9 Å². The van der Waals surface area contributed by atoms with E-state index in [9.17, 15) is 18.0 Å². The van der Waals surface area contributed by atoms with Crippen molar-refractivity contribution in [3.8, 4) is 0 Å². The molecule has 0 unspecified atom stereocenters. The predicted octanol–water partition coefficient (Wildman–Crippen LogP) is 4.29. The quantitative estimate of drug-likeness (QED) is 0.606. The van der Waals surface area contributed by atoms with Crippen LogP contribution in [0.3, 0.4) is 0 Å². The van der Waals surface area contributed by atoms with Gasteiger partial charge in [0.1, 0.15) is 0 Å². The fourth-order valence-corrected chi connectivity index (χ4v) is 2.10. The lowest BCUT2D eigenvalue weighted by molar-refractivity contribution is 0.0992. The van der Waals surface area contributed by atoms with Gasteiger partial charge in [0.25, 0.3) is 0 Å². The molecule has 0 aliphatic heterocycles. The molecule has 0 spiro atoms. The molecular formula is C14H8BrF3O. The standard InChI is InChI=1S/C14H8BrF3O/c15-10-3-1-2-8(4-10)5-13(19)9-6-11(16)14(18)12(17)7-9/h1-4,6-7H,5H2. The molecule has 0 bridgehead atoms. The molecule has 0 saturated heterocycles. The van der Waals surface area contributed by atoms with Crippen LogP contribution < -0.4 is 0 Å². The minimum Gasteiger partial charge on any atom is -0.294 e. The van der Waals surface area contributed by atoms with Crippen LogP contribution in [-0.2, 0) is 6.42 Å². The summed E-state index contributed by atoms with van der Waals surface area (Å²) in [6.45, 7) is 0. The normalized spacial score (nSPS) is 10.5. The Labute approximate surface area is 116 Å². The number of Topliss-reactive ketones (excluding diaryl/α,β-unsaturated/α-hetero) is 1. The van der Waals surface area contributed by atoms with Gasteiger partial charge < -0.3 is 0 Å². The average Bonchev–Trinajstić information content (AvgIpc) is 2.35. The summed E-state index contributed by atoms with van der Waals surface area (Å²) in [5.74, 6) is -4.77. The zero-order valence-corrected chi connectivity index (χ0v) is 11.2. The Balaban J connectivity index is 2.25. The summed E-state index contributed by atoms with van der Waals surface area (Å²) in [7, 11) is 0. The number of rotatable bonds is 3. The van der Waals surface area contributed by atoms with Crippen LogP contribution in [-0.4, -0.2) is 5.78 Å². The van der Waals surface area contributed by atoms with Gasteiger partial charge in [-0.3, -0.25) is 4.79 Å². The lowest BCUT2D eigenvalue weighted by atomic mass is 10.0. The molecule has 0 aliphatic carbocycles. The molecule has 0 amide bonds. The van der Waals surface area contributed by atoms with Crippen molar-refractivity contribution >= 4 is 21.7 Å². The van der Waals surface area contributed by atoms with Crippen LogP contribution in [0.25, 0.3) is 0 Å². The third-order valence-electron chi connectivity index (χ3n) is 2.56. The highest BCUT2D eigenvalue weighted by molar-refractivity contribution is 9.10. The van der Waals surface area contributed by atoms with Crippen molar-refractivity contribution in [1.29, 1.82) is 0 Å². The molecular weight excluding hydrogens is 321 g/mol. The largest absolute Gasteiger partial charge is 0.294 e. The summed E-state index contributed by atoms with van der Waals surface area (Å²) in [4.78, 5) is 11.9. The van der Waals surface area contributed by atoms with E-state index < -0.39 is 23.2 Å². The molecule has 0 aliphatic rings. The summed E-state index contributed by atoms with van der Waals surface area (Å²) in [5.41, 5.74) is 0.515. The SMILES string of the molecule is O=C(Cc1cccc(Br)c1)c1cc(F)c(F)c(F)c1. The Morgan fingerprint density at radius 2 is 1.68 bits per heavy atom. The maximum atomic E-state index is 13.0. The van der Waals surface area contributed by atoms with Crippen LogP contribution in [0.4, 0.5) is 13.2 Å². The van der Waals surface area contributed by atoms with Gasteiger partial charge in [-0.05, 0) is 29.8 Å². The van der Waals surface area contributed by atoms with E-state index in [4.69, 9.17) is 0 Å². The van der Waals surface area contributed by atoms with Crippen molar-refractivity contribution in [3.63, 3.8) is 0 Å². The van der Waals surface area contributed by atoms with Crippen molar-refractivity contribution in [2.75, 3.05) is 0 Å². The van der Waals surface area contributed by atoms with E-state index in [1.165, 1.54) is 0 Å². The summed E-state index contributed by atoms with van der Waals surface area (Å²) < 4.78 is 39.6. The molecule has 1 nitrogen and oxygen atoms in total. The lowest BCUT2D eigenvalue weighted by Crippen LogP contribution is -2.06. The number of benzene rings is 2. The molecule has 19 heavy (non-hydrogen) atoms. The molecule has 0 N–H and O–H groups in total. The van der Waals surface area contributed by atoms with Crippen molar-refractivity contribution < 1.29 is 18.0 Å². The van der Waals surface area contributed by atoms with Crippen molar-refractivity contribution in [2.24, 2.45) is 0 Å². The number of hydrogen-bond acceptors (Lipinski definition) is 1. The van der Waals surface area contributed by atoms with Crippen LogP contribution in [0.15, 0.2) is 40.9 Å². The van der Waals surface area contributed by atoms with Gasteiger partial charge in [-0.25, -0.2) is 13.2 Å². The molecule has 0 heterocycles. The lowest BCUT2D eigenvalue weighted by Gasteiger charge is -2.04. The van der Waals surface area contributed by atoms with E-state index in [-0.39, 0.29) is 12.0 Å². The molecule has 0 radical (unpaired) electrons. The molecule has 5 heteroatoms. The maximum absolute atomic E-state index is 13.0. The second-order valence-electron chi connectivity index (χ2n) is 3.98. The maximum Gasteiger partial charge on any atom is 0.194 e. The Morgan fingerprint density at radius 3 is 2.26 bits per heavy atom. The van der Waals surface area contributed by atoms with Crippen molar-refractivity contribution in [2.45, 2.75) is 6.42 Å². The third-order valence-corrected chi connectivity index (χ3v) is 3.05. The number of carbonyl (C=O) groups is 1. The van der Waals surface area contributed by atoms with Gasteiger partial charge in [0.15, 0.2) is 23.2 Å². The van der Waals surface area contributed by atoms with Gasteiger partial charge in [0, 0.05) is 16.5 Å². The van der Waals surface area contributed by atoms with Crippen LogP contribution >= 0.6 is 15.9 Å². The molecule has 2 aromatic rings. The third kappa shape index (κ3) is 3.23. The Bertz CT molecular complexity index is 617. The monoisotopic (exact) mass is 328 g/mol. The predicted molar refractivity (Wildman–Crippen MR) is 68.5 cm³/mol. The van der Waals surface area contributed by atoms with Gasteiger partial charge in [-0.2, -0.15) is 0 Å². The molecule has 0 aromatic heterocycles. The first-order chi connectivity index (χ1) is 8.97. The van der Waals surface area contributed by atoms with Crippen LogP contribution in [0, 0.1) is 17.5 Å². The van der Waals surface area contributed by atoms with Crippen molar-refractivity contribution in [3.05, 3.63) is 69.4 Å². The minimum absolute atomic E-state index is 0.00997. The molecule has 0 atom stereocenters. The van der Waals surface area contributed by atoms with Gasteiger partial charge in [0.05, 0.1) is 0 Å². The van der Waals surface area contributed by atoms with E-state index in [1.807, 2.05) is 0 Å². The first-order valence-electron chi connectivity index (χ1n) is 5.39. The molecule has 2 rings (SSSR count). The zero-order chi connectivity index (χ0) is 14.0. The first kappa shape index (κ1) is 13.8. The topological polar surface area (TPSA) is 17.1 Å². The number of halogens is 4. The fourth-order valence-electron chi connectivity index (χ4n) is 1.65. The van der Waals surface area contributed by atoms with Gasteiger partial charge in [-0.15, -0.1) is 0 Å². The first-order valence-corrected chi connectivity index (χ1v) is 6.19. The number of ketones is 1. The van der Waals surface area contributed by atoms with E-state index in [0.29, 0.717) is 17.7 Å². The Hall–Kier alpha value is -1.62.